The van der Waals surface area contributed by atoms with E-state index < -0.39 is 12.0 Å². The Balaban J connectivity index is 1.54. The number of halogens is 3. The number of hydrogen-bond acceptors (Lipinski definition) is 6. The Kier molecular flexibility index (Phi) is 9.24. The zero-order chi connectivity index (χ0) is 31.5. The molecule has 45 heavy (non-hydrogen) atoms. The molecule has 0 saturated heterocycles. The molecule has 5 aromatic rings. The van der Waals surface area contributed by atoms with Crippen LogP contribution in [-0.2, 0) is 16.1 Å². The molecule has 0 N–H and O–H groups in total. The maximum atomic E-state index is 14.2. The summed E-state index contributed by atoms with van der Waals surface area (Å²) < 4.78 is 13.6. The average Bonchev–Trinajstić information content (AvgIpc) is 3.35. The molecule has 0 bridgehead atoms. The average molecular weight is 676 g/mol. The lowest BCUT2D eigenvalue weighted by Gasteiger charge is -2.25. The number of fused-ring (bicyclic) bond motifs is 1. The number of thiazole rings is 1. The maximum Gasteiger partial charge on any atom is 0.338 e. The third kappa shape index (κ3) is 6.63. The highest BCUT2D eigenvalue weighted by Gasteiger charge is 2.35. The lowest BCUT2D eigenvalue weighted by Crippen LogP contribution is -2.40. The van der Waals surface area contributed by atoms with Gasteiger partial charge < -0.3 is 9.47 Å². The lowest BCUT2D eigenvalue weighted by atomic mass is 9.93. The molecule has 1 aliphatic heterocycles. The Morgan fingerprint density at radius 1 is 0.911 bits per heavy atom. The van der Waals surface area contributed by atoms with Gasteiger partial charge in [0, 0.05) is 26.2 Å². The minimum absolute atomic E-state index is 0.162. The Hall–Kier alpha value is -4.14. The van der Waals surface area contributed by atoms with Gasteiger partial charge in [-0.05, 0) is 66.6 Å². The fourth-order valence-corrected chi connectivity index (χ4v) is 6.60. The molecule has 0 fully saturated rings. The predicted octanol–water partition coefficient (Wildman–Crippen LogP) is 7.47. The molecule has 226 valence electrons. The summed E-state index contributed by atoms with van der Waals surface area (Å²) >= 11 is 20.0. The van der Waals surface area contributed by atoms with Crippen molar-refractivity contribution in [3.63, 3.8) is 0 Å². The minimum atomic E-state index is -0.812. The highest BCUT2D eigenvalue weighted by Crippen LogP contribution is 2.35. The molecular formula is C35H25Cl3N2O4S. The first-order valence-electron chi connectivity index (χ1n) is 14.0. The summed E-state index contributed by atoms with van der Waals surface area (Å²) in [6.07, 6.45) is 1.73. The quantitative estimate of drug-likeness (QED) is 0.160. The van der Waals surface area contributed by atoms with Crippen LogP contribution in [0.25, 0.3) is 11.8 Å². The summed E-state index contributed by atoms with van der Waals surface area (Å²) in [7, 11) is 0. The molecule has 0 spiro atoms. The van der Waals surface area contributed by atoms with Crippen LogP contribution in [0.15, 0.2) is 112 Å². The van der Waals surface area contributed by atoms with Crippen LogP contribution >= 0.6 is 46.1 Å². The fourth-order valence-electron chi connectivity index (χ4n) is 5.09. The first kappa shape index (κ1) is 30.9. The predicted molar refractivity (Wildman–Crippen MR) is 180 cm³/mol. The second kappa shape index (κ2) is 13.5. The van der Waals surface area contributed by atoms with Crippen LogP contribution in [0, 0.1) is 0 Å². The molecule has 0 unspecified atom stereocenters. The van der Waals surface area contributed by atoms with Gasteiger partial charge in [0.25, 0.3) is 5.56 Å². The Bertz CT molecular complexity index is 2110. The van der Waals surface area contributed by atoms with Gasteiger partial charge in [0.1, 0.15) is 12.4 Å². The first-order chi connectivity index (χ1) is 21.8. The van der Waals surface area contributed by atoms with Gasteiger partial charge in [-0.1, -0.05) is 101 Å². The van der Waals surface area contributed by atoms with E-state index >= 15 is 0 Å². The summed E-state index contributed by atoms with van der Waals surface area (Å²) in [5, 5.41) is 1.63. The normalized spacial score (nSPS) is 14.6. The Morgan fingerprint density at radius 2 is 1.64 bits per heavy atom. The largest absolute Gasteiger partial charge is 0.488 e. The van der Waals surface area contributed by atoms with Crippen molar-refractivity contribution >= 4 is 63.9 Å². The monoisotopic (exact) mass is 674 g/mol. The fraction of sp³-hybridized carbons (Fsp3) is 0.114. The summed E-state index contributed by atoms with van der Waals surface area (Å²) in [5.74, 6) is -0.0162. The molecular weight excluding hydrogens is 651 g/mol. The molecule has 6 rings (SSSR count). The number of ether oxygens (including phenoxy) is 2. The number of hydrogen-bond donors (Lipinski definition) is 0. The summed E-state index contributed by atoms with van der Waals surface area (Å²) in [6.45, 7) is 2.17. The van der Waals surface area contributed by atoms with Crippen LogP contribution < -0.4 is 19.6 Å². The van der Waals surface area contributed by atoms with Gasteiger partial charge in [-0.3, -0.25) is 9.36 Å². The number of aromatic nitrogens is 1. The van der Waals surface area contributed by atoms with Crippen LogP contribution in [0.1, 0.15) is 35.2 Å². The molecule has 10 heteroatoms. The second-order valence-electron chi connectivity index (χ2n) is 10.1. The van der Waals surface area contributed by atoms with Gasteiger partial charge in [-0.15, -0.1) is 0 Å². The van der Waals surface area contributed by atoms with E-state index in [-0.39, 0.29) is 24.3 Å². The van der Waals surface area contributed by atoms with E-state index in [1.165, 1.54) is 15.9 Å². The molecule has 4 aromatic carbocycles. The number of carbonyl (C=O) groups is 1. The van der Waals surface area contributed by atoms with E-state index in [0.717, 1.165) is 11.1 Å². The van der Waals surface area contributed by atoms with E-state index in [0.29, 0.717) is 47.0 Å². The van der Waals surface area contributed by atoms with Crippen molar-refractivity contribution < 1.29 is 14.3 Å². The summed E-state index contributed by atoms with van der Waals surface area (Å²) in [6, 6.07) is 28.3. The number of carbonyl (C=O) groups excluding carboxylic acids is 1. The van der Waals surface area contributed by atoms with Gasteiger partial charge in [0.15, 0.2) is 4.80 Å². The number of rotatable bonds is 8. The van der Waals surface area contributed by atoms with E-state index in [1.54, 1.807) is 61.5 Å². The molecule has 0 amide bonds. The van der Waals surface area contributed by atoms with Crippen LogP contribution in [0.5, 0.6) is 5.75 Å². The SMILES string of the molecule is CCOC(=O)C1=C(c2ccccc2)N=c2s/c(=C\c3cc(Cl)ccc3OCc3cccc(Cl)c3)c(=O)n2[C@@H]1c1ccc(Cl)cc1. The molecule has 1 atom stereocenters. The van der Waals surface area contributed by atoms with Crippen molar-refractivity contribution in [2.24, 2.45) is 4.99 Å². The zero-order valence-electron chi connectivity index (χ0n) is 23.9. The van der Waals surface area contributed by atoms with Gasteiger partial charge in [-0.25, -0.2) is 9.79 Å². The van der Waals surface area contributed by atoms with Crippen LogP contribution in [0.2, 0.25) is 15.1 Å². The van der Waals surface area contributed by atoms with E-state index in [2.05, 4.69) is 0 Å². The molecule has 0 radical (unpaired) electrons. The van der Waals surface area contributed by atoms with Crippen LogP contribution in [0.3, 0.4) is 0 Å². The van der Waals surface area contributed by atoms with Crippen molar-refractivity contribution in [3.05, 3.63) is 160 Å². The third-order valence-corrected chi connectivity index (χ3v) is 8.81. The first-order valence-corrected chi connectivity index (χ1v) is 16.0. The molecule has 2 heterocycles. The minimum Gasteiger partial charge on any atom is -0.488 e. The zero-order valence-corrected chi connectivity index (χ0v) is 27.0. The highest BCUT2D eigenvalue weighted by molar-refractivity contribution is 7.07. The van der Waals surface area contributed by atoms with E-state index in [4.69, 9.17) is 49.3 Å². The third-order valence-electron chi connectivity index (χ3n) is 7.10. The van der Waals surface area contributed by atoms with E-state index in [9.17, 15) is 9.59 Å². The Morgan fingerprint density at radius 3 is 2.38 bits per heavy atom. The van der Waals surface area contributed by atoms with Crippen molar-refractivity contribution in [2.75, 3.05) is 6.61 Å². The van der Waals surface area contributed by atoms with Crippen molar-refractivity contribution in [2.45, 2.75) is 19.6 Å². The molecule has 1 aliphatic rings. The number of benzene rings is 4. The highest BCUT2D eigenvalue weighted by atomic mass is 35.5. The molecule has 0 saturated carbocycles. The second-order valence-corrected chi connectivity index (χ2v) is 12.4. The standard InChI is InChI=1S/C35H25Cl3N2O4S/c1-2-43-34(42)30-31(22-8-4-3-5-9-22)39-35-40(32(30)23-11-13-25(36)14-12-23)33(41)29(45-35)19-24-18-27(38)15-16-28(24)44-20-21-7-6-10-26(37)17-21/h3-19,32H,2,20H2,1H3/b29-19-/t32-/m1/s1. The molecule has 6 nitrogen and oxygen atoms in total. The van der Waals surface area contributed by atoms with Crippen LogP contribution in [0.4, 0.5) is 0 Å². The van der Waals surface area contributed by atoms with Gasteiger partial charge >= 0.3 is 5.97 Å². The summed E-state index contributed by atoms with van der Waals surface area (Å²) in [5.41, 5.74) is 3.30. The van der Waals surface area contributed by atoms with Gasteiger partial charge in [0.2, 0.25) is 0 Å². The van der Waals surface area contributed by atoms with Gasteiger partial charge in [0.05, 0.1) is 28.5 Å². The van der Waals surface area contributed by atoms with Crippen molar-refractivity contribution in [3.8, 4) is 5.75 Å². The molecule has 0 aliphatic carbocycles. The van der Waals surface area contributed by atoms with E-state index in [1.807, 2.05) is 48.5 Å². The molecule has 1 aromatic heterocycles. The van der Waals surface area contributed by atoms with Crippen molar-refractivity contribution in [1.82, 2.24) is 4.57 Å². The lowest BCUT2D eigenvalue weighted by molar-refractivity contribution is -0.138. The number of esters is 1. The van der Waals surface area contributed by atoms with Crippen molar-refractivity contribution in [1.29, 1.82) is 0 Å². The van der Waals surface area contributed by atoms with Crippen LogP contribution in [-0.4, -0.2) is 17.1 Å². The Labute approximate surface area is 278 Å². The summed E-state index contributed by atoms with van der Waals surface area (Å²) in [4.78, 5) is 33.2. The maximum absolute atomic E-state index is 14.2. The topological polar surface area (TPSA) is 69.9 Å². The smallest absolute Gasteiger partial charge is 0.338 e. The number of nitrogens with zero attached hydrogens (tertiary/aromatic N) is 2. The van der Waals surface area contributed by atoms with Gasteiger partial charge in [-0.2, -0.15) is 0 Å².